The Morgan fingerprint density at radius 1 is 1.30 bits per heavy atom. The highest BCUT2D eigenvalue weighted by Gasteiger charge is 2.17. The summed E-state index contributed by atoms with van der Waals surface area (Å²) in [7, 11) is 1.87. The zero-order valence-electron chi connectivity index (χ0n) is 11.9. The summed E-state index contributed by atoms with van der Waals surface area (Å²) in [5, 5.41) is 7.87. The van der Waals surface area contributed by atoms with Gasteiger partial charge in [0.05, 0.1) is 5.39 Å². The highest BCUT2D eigenvalue weighted by atomic mass is 32.2. The lowest BCUT2D eigenvalue weighted by Crippen LogP contribution is -2.25. The van der Waals surface area contributed by atoms with E-state index in [1.54, 1.807) is 11.3 Å². The third-order valence-corrected chi connectivity index (χ3v) is 5.80. The number of aromatic nitrogens is 2. The van der Waals surface area contributed by atoms with Crippen LogP contribution in [0.25, 0.3) is 10.2 Å². The fourth-order valence-electron chi connectivity index (χ4n) is 2.40. The van der Waals surface area contributed by atoms with Gasteiger partial charge in [0.2, 0.25) is 5.95 Å². The van der Waals surface area contributed by atoms with Crippen molar-refractivity contribution >= 4 is 45.1 Å². The Bertz CT molecular complexity index is 590. The number of hydrogen-bond donors (Lipinski definition) is 2. The van der Waals surface area contributed by atoms with Gasteiger partial charge in [0.25, 0.3) is 0 Å². The van der Waals surface area contributed by atoms with Crippen LogP contribution in [-0.2, 0) is 6.42 Å². The summed E-state index contributed by atoms with van der Waals surface area (Å²) in [4.78, 5) is 11.6. The topological polar surface area (TPSA) is 49.8 Å². The molecule has 4 nitrogen and oxygen atoms in total. The van der Waals surface area contributed by atoms with Crippen molar-refractivity contribution in [3.63, 3.8) is 0 Å². The van der Waals surface area contributed by atoms with Gasteiger partial charge in [0, 0.05) is 18.0 Å². The van der Waals surface area contributed by atoms with Crippen molar-refractivity contribution in [2.24, 2.45) is 0 Å². The Kier molecular flexibility index (Phi) is 4.31. The van der Waals surface area contributed by atoms with Crippen LogP contribution in [0.2, 0.25) is 0 Å². The maximum absolute atomic E-state index is 4.63. The normalized spacial score (nSPS) is 16.5. The van der Waals surface area contributed by atoms with E-state index in [0.717, 1.165) is 17.1 Å². The smallest absolute Gasteiger partial charge is 0.225 e. The molecule has 0 aliphatic carbocycles. The van der Waals surface area contributed by atoms with Crippen LogP contribution in [0.1, 0.15) is 24.6 Å². The fraction of sp³-hybridized carbons (Fsp3) is 0.571. The molecule has 1 fully saturated rings. The Balaban J connectivity index is 1.95. The van der Waals surface area contributed by atoms with Gasteiger partial charge in [0.1, 0.15) is 10.6 Å². The zero-order chi connectivity index (χ0) is 13.9. The van der Waals surface area contributed by atoms with Crippen molar-refractivity contribution < 1.29 is 0 Å². The number of anilines is 2. The molecule has 1 aliphatic rings. The molecule has 0 spiro atoms. The second-order valence-corrected chi connectivity index (χ2v) is 7.30. The van der Waals surface area contributed by atoms with E-state index in [2.05, 4.69) is 33.6 Å². The zero-order valence-corrected chi connectivity index (χ0v) is 13.5. The van der Waals surface area contributed by atoms with Gasteiger partial charge in [-0.3, -0.25) is 0 Å². The Morgan fingerprint density at radius 2 is 2.10 bits per heavy atom. The molecule has 20 heavy (non-hydrogen) atoms. The molecule has 6 heteroatoms. The van der Waals surface area contributed by atoms with Gasteiger partial charge in [-0.15, -0.1) is 11.3 Å². The Labute approximate surface area is 127 Å². The molecule has 0 amide bonds. The number of aryl methyl sites for hydroxylation is 1. The third kappa shape index (κ3) is 2.86. The number of hydrogen-bond acceptors (Lipinski definition) is 6. The highest BCUT2D eigenvalue weighted by molar-refractivity contribution is 7.99. The minimum Gasteiger partial charge on any atom is -0.367 e. The standard InChI is InChI=1S/C14H20N4S2/c1-3-10-8-11-12(16-9-4-6-19-7-5-9)17-14(15-2)18-13(11)20-10/h8-9H,3-7H2,1-2H3,(H2,15,16,17,18). The predicted molar refractivity (Wildman–Crippen MR) is 90.3 cm³/mol. The van der Waals surface area contributed by atoms with E-state index in [0.29, 0.717) is 12.0 Å². The average molecular weight is 308 g/mol. The van der Waals surface area contributed by atoms with Gasteiger partial charge in [-0.25, -0.2) is 4.98 Å². The van der Waals surface area contributed by atoms with Crippen LogP contribution in [0.4, 0.5) is 11.8 Å². The van der Waals surface area contributed by atoms with Crippen LogP contribution in [0, 0.1) is 0 Å². The molecule has 0 bridgehead atoms. The number of thiophene rings is 1. The molecule has 0 unspecified atom stereocenters. The first-order valence-corrected chi connectivity index (χ1v) is 9.09. The van der Waals surface area contributed by atoms with E-state index in [1.807, 2.05) is 18.8 Å². The van der Waals surface area contributed by atoms with E-state index in [4.69, 9.17) is 0 Å². The van der Waals surface area contributed by atoms with E-state index >= 15 is 0 Å². The quantitative estimate of drug-likeness (QED) is 0.904. The van der Waals surface area contributed by atoms with Gasteiger partial charge in [-0.05, 0) is 36.8 Å². The lowest BCUT2D eigenvalue weighted by Gasteiger charge is -2.23. The summed E-state index contributed by atoms with van der Waals surface area (Å²) in [6.07, 6.45) is 3.49. The van der Waals surface area contributed by atoms with Crippen molar-refractivity contribution in [2.45, 2.75) is 32.2 Å². The second kappa shape index (κ2) is 6.18. The first kappa shape index (κ1) is 13.9. The first-order valence-electron chi connectivity index (χ1n) is 7.12. The van der Waals surface area contributed by atoms with E-state index in [9.17, 15) is 0 Å². The van der Waals surface area contributed by atoms with Gasteiger partial charge in [-0.1, -0.05) is 6.92 Å². The number of nitrogens with one attached hydrogen (secondary N) is 2. The Hall–Kier alpha value is -1.01. The maximum atomic E-state index is 4.63. The van der Waals surface area contributed by atoms with Gasteiger partial charge < -0.3 is 10.6 Å². The monoisotopic (exact) mass is 308 g/mol. The molecule has 0 saturated carbocycles. The second-order valence-electron chi connectivity index (χ2n) is 4.96. The molecular weight excluding hydrogens is 288 g/mol. The minimum atomic E-state index is 0.545. The van der Waals surface area contributed by atoms with Crippen LogP contribution in [0.5, 0.6) is 0 Å². The first-order chi connectivity index (χ1) is 9.80. The van der Waals surface area contributed by atoms with Crippen molar-refractivity contribution in [2.75, 3.05) is 29.2 Å². The molecule has 108 valence electrons. The van der Waals surface area contributed by atoms with Gasteiger partial charge >= 0.3 is 0 Å². The molecule has 0 radical (unpaired) electrons. The van der Waals surface area contributed by atoms with E-state index in [1.165, 1.54) is 34.6 Å². The van der Waals surface area contributed by atoms with Crippen LogP contribution in [-0.4, -0.2) is 34.6 Å². The summed E-state index contributed by atoms with van der Waals surface area (Å²) in [5.74, 6) is 4.19. The van der Waals surface area contributed by atoms with Crippen molar-refractivity contribution in [1.82, 2.24) is 9.97 Å². The van der Waals surface area contributed by atoms with E-state index < -0.39 is 0 Å². The summed E-state index contributed by atoms with van der Waals surface area (Å²) in [6, 6.07) is 2.78. The molecule has 2 N–H and O–H groups in total. The van der Waals surface area contributed by atoms with Crippen molar-refractivity contribution in [3.05, 3.63) is 10.9 Å². The molecule has 3 rings (SSSR count). The fourth-order valence-corrected chi connectivity index (χ4v) is 4.48. The summed E-state index contributed by atoms with van der Waals surface area (Å²) >= 11 is 3.81. The number of rotatable bonds is 4. The van der Waals surface area contributed by atoms with Gasteiger partial charge in [0.15, 0.2) is 0 Å². The maximum Gasteiger partial charge on any atom is 0.225 e. The molecule has 0 atom stereocenters. The lowest BCUT2D eigenvalue weighted by molar-refractivity contribution is 0.664. The largest absolute Gasteiger partial charge is 0.367 e. The lowest BCUT2D eigenvalue weighted by atomic mass is 10.1. The highest BCUT2D eigenvalue weighted by Crippen LogP contribution is 2.31. The third-order valence-electron chi connectivity index (χ3n) is 3.58. The van der Waals surface area contributed by atoms with Crippen LogP contribution >= 0.6 is 23.1 Å². The van der Waals surface area contributed by atoms with E-state index in [-0.39, 0.29) is 0 Å². The molecule has 1 aliphatic heterocycles. The number of thioether (sulfide) groups is 1. The Morgan fingerprint density at radius 3 is 2.80 bits per heavy atom. The number of fused-ring (bicyclic) bond motifs is 1. The van der Waals surface area contributed by atoms with Crippen LogP contribution in [0.3, 0.4) is 0 Å². The summed E-state index contributed by atoms with van der Waals surface area (Å²) in [5.41, 5.74) is 0. The summed E-state index contributed by atoms with van der Waals surface area (Å²) in [6.45, 7) is 2.18. The average Bonchev–Trinajstić information content (AvgIpc) is 2.91. The minimum absolute atomic E-state index is 0.545. The number of nitrogens with zero attached hydrogens (tertiary/aromatic N) is 2. The van der Waals surface area contributed by atoms with Crippen molar-refractivity contribution in [1.29, 1.82) is 0 Å². The molecular formula is C14H20N4S2. The summed E-state index contributed by atoms with van der Waals surface area (Å²) < 4.78 is 0. The van der Waals surface area contributed by atoms with Gasteiger partial charge in [-0.2, -0.15) is 16.7 Å². The predicted octanol–water partition coefficient (Wildman–Crippen LogP) is 3.60. The SMILES string of the molecule is CCc1cc2c(NC3CCSCC3)nc(NC)nc2s1. The van der Waals surface area contributed by atoms with Crippen LogP contribution < -0.4 is 10.6 Å². The van der Waals surface area contributed by atoms with Crippen molar-refractivity contribution in [3.8, 4) is 0 Å². The molecule has 1 saturated heterocycles. The molecule has 2 aromatic heterocycles. The molecule has 2 aromatic rings. The molecule has 3 heterocycles. The molecule has 0 aromatic carbocycles. The van der Waals surface area contributed by atoms with Crippen LogP contribution in [0.15, 0.2) is 6.07 Å².